The number of nitrogens with one attached hydrogen (secondary N) is 2. The summed E-state index contributed by atoms with van der Waals surface area (Å²) in [6.45, 7) is 7.73. The predicted octanol–water partition coefficient (Wildman–Crippen LogP) is 0.587. The number of carbonyl (C=O) groups excluding carboxylic acids is 1. The molecule has 98 valence electrons. The highest BCUT2D eigenvalue weighted by Crippen LogP contribution is 2.18. The molecule has 0 aromatic carbocycles. The van der Waals surface area contributed by atoms with Crippen LogP contribution in [0, 0.1) is 5.92 Å². The minimum Gasteiger partial charge on any atom is -0.353 e. The van der Waals surface area contributed by atoms with E-state index in [4.69, 9.17) is 0 Å². The Morgan fingerprint density at radius 1 is 1.35 bits per heavy atom. The van der Waals surface area contributed by atoms with Crippen molar-refractivity contribution in [3.8, 4) is 0 Å². The number of rotatable bonds is 7. The van der Waals surface area contributed by atoms with Gasteiger partial charge in [0.15, 0.2) is 0 Å². The molecule has 1 saturated heterocycles. The standard InChI is InChI=1S/C13H25N3O/c1-2-16-8-6-11(10-16)9-14-7-5-13(17)15-12-3-4-12/h11-12,14H,2-10H2,1H3,(H,15,17). The van der Waals surface area contributed by atoms with Crippen LogP contribution >= 0.6 is 0 Å². The maximum absolute atomic E-state index is 11.4. The molecule has 2 N–H and O–H groups in total. The molecule has 0 aromatic rings. The maximum Gasteiger partial charge on any atom is 0.221 e. The van der Waals surface area contributed by atoms with Crippen molar-refractivity contribution in [2.24, 2.45) is 5.92 Å². The van der Waals surface area contributed by atoms with E-state index in [9.17, 15) is 4.79 Å². The van der Waals surface area contributed by atoms with Gasteiger partial charge in [0, 0.05) is 25.6 Å². The van der Waals surface area contributed by atoms with E-state index in [1.807, 2.05) is 0 Å². The van der Waals surface area contributed by atoms with Crippen LogP contribution in [0.15, 0.2) is 0 Å². The molecule has 2 aliphatic rings. The van der Waals surface area contributed by atoms with E-state index in [0.717, 1.165) is 19.0 Å². The summed E-state index contributed by atoms with van der Waals surface area (Å²) in [5.74, 6) is 0.989. The molecule has 0 aromatic heterocycles. The van der Waals surface area contributed by atoms with E-state index in [1.165, 1.54) is 38.9 Å². The summed E-state index contributed by atoms with van der Waals surface area (Å²) < 4.78 is 0. The van der Waals surface area contributed by atoms with Gasteiger partial charge < -0.3 is 15.5 Å². The fraction of sp³-hybridized carbons (Fsp3) is 0.923. The Hall–Kier alpha value is -0.610. The topological polar surface area (TPSA) is 44.4 Å². The van der Waals surface area contributed by atoms with E-state index >= 15 is 0 Å². The summed E-state index contributed by atoms with van der Waals surface area (Å²) in [7, 11) is 0. The zero-order valence-electron chi connectivity index (χ0n) is 10.9. The zero-order valence-corrected chi connectivity index (χ0v) is 10.9. The molecule has 2 fully saturated rings. The van der Waals surface area contributed by atoms with Crippen molar-refractivity contribution in [1.82, 2.24) is 15.5 Å². The van der Waals surface area contributed by atoms with E-state index in [2.05, 4.69) is 22.5 Å². The summed E-state index contributed by atoms with van der Waals surface area (Å²) in [6, 6.07) is 0.496. The van der Waals surface area contributed by atoms with Crippen molar-refractivity contribution in [1.29, 1.82) is 0 Å². The predicted molar refractivity (Wildman–Crippen MR) is 68.9 cm³/mol. The molecule has 4 nitrogen and oxygen atoms in total. The van der Waals surface area contributed by atoms with Crippen molar-refractivity contribution in [2.45, 2.75) is 38.6 Å². The lowest BCUT2D eigenvalue weighted by molar-refractivity contribution is -0.121. The summed E-state index contributed by atoms with van der Waals surface area (Å²) in [4.78, 5) is 13.9. The molecule has 1 amide bonds. The first kappa shape index (κ1) is 12.8. The molecule has 4 heteroatoms. The van der Waals surface area contributed by atoms with Gasteiger partial charge in [-0.05, 0) is 44.8 Å². The van der Waals surface area contributed by atoms with Crippen LogP contribution in [0.4, 0.5) is 0 Å². The Kier molecular flexibility index (Phi) is 4.80. The lowest BCUT2D eigenvalue weighted by Crippen LogP contribution is -2.31. The van der Waals surface area contributed by atoms with Gasteiger partial charge in [-0.3, -0.25) is 4.79 Å². The summed E-state index contributed by atoms with van der Waals surface area (Å²) in [5.41, 5.74) is 0. The van der Waals surface area contributed by atoms with Crippen LogP contribution in [0.25, 0.3) is 0 Å². The van der Waals surface area contributed by atoms with E-state index in [-0.39, 0.29) is 5.91 Å². The third-order valence-corrected chi connectivity index (χ3v) is 3.72. The van der Waals surface area contributed by atoms with Gasteiger partial charge in [-0.25, -0.2) is 0 Å². The molecule has 1 atom stereocenters. The molecule has 1 saturated carbocycles. The maximum atomic E-state index is 11.4. The second-order valence-corrected chi connectivity index (χ2v) is 5.34. The SMILES string of the molecule is CCN1CCC(CNCCC(=O)NC2CC2)C1. The number of hydrogen-bond acceptors (Lipinski definition) is 3. The highest BCUT2D eigenvalue weighted by atomic mass is 16.1. The molecule has 1 aliphatic heterocycles. The summed E-state index contributed by atoms with van der Waals surface area (Å²) in [6.07, 6.45) is 4.28. The fourth-order valence-corrected chi connectivity index (χ4v) is 2.40. The number of carbonyl (C=O) groups is 1. The van der Waals surface area contributed by atoms with Gasteiger partial charge in [0.1, 0.15) is 0 Å². The fourth-order valence-electron chi connectivity index (χ4n) is 2.40. The van der Waals surface area contributed by atoms with E-state index in [1.54, 1.807) is 0 Å². The molecule has 0 bridgehead atoms. The van der Waals surface area contributed by atoms with Crippen LogP contribution in [0.2, 0.25) is 0 Å². The quantitative estimate of drug-likeness (QED) is 0.639. The Balaban J connectivity index is 1.47. The first-order chi connectivity index (χ1) is 8.28. The Morgan fingerprint density at radius 2 is 2.18 bits per heavy atom. The van der Waals surface area contributed by atoms with Crippen molar-refractivity contribution < 1.29 is 4.79 Å². The zero-order chi connectivity index (χ0) is 12.1. The third kappa shape index (κ3) is 4.64. The van der Waals surface area contributed by atoms with Crippen LogP contribution in [0.3, 0.4) is 0 Å². The average molecular weight is 239 g/mol. The largest absolute Gasteiger partial charge is 0.353 e. The monoisotopic (exact) mass is 239 g/mol. The molecule has 1 unspecified atom stereocenters. The second-order valence-electron chi connectivity index (χ2n) is 5.34. The molecule has 0 spiro atoms. The second kappa shape index (κ2) is 6.36. The van der Waals surface area contributed by atoms with E-state index in [0.29, 0.717) is 12.5 Å². The first-order valence-electron chi connectivity index (χ1n) is 7.00. The van der Waals surface area contributed by atoms with Crippen molar-refractivity contribution in [2.75, 3.05) is 32.7 Å². The Morgan fingerprint density at radius 3 is 2.82 bits per heavy atom. The molecule has 0 radical (unpaired) electrons. The van der Waals surface area contributed by atoms with E-state index < -0.39 is 0 Å². The minimum atomic E-state index is 0.210. The number of likely N-dealkylation sites (tertiary alicyclic amines) is 1. The Bertz CT molecular complexity index is 253. The van der Waals surface area contributed by atoms with Crippen LogP contribution in [-0.2, 0) is 4.79 Å². The minimum absolute atomic E-state index is 0.210. The van der Waals surface area contributed by atoms with Gasteiger partial charge in [-0.15, -0.1) is 0 Å². The van der Waals surface area contributed by atoms with Gasteiger partial charge in [-0.1, -0.05) is 6.92 Å². The van der Waals surface area contributed by atoms with Crippen molar-refractivity contribution in [3.63, 3.8) is 0 Å². The highest BCUT2D eigenvalue weighted by Gasteiger charge is 2.23. The van der Waals surface area contributed by atoms with Crippen LogP contribution in [-0.4, -0.2) is 49.6 Å². The lowest BCUT2D eigenvalue weighted by atomic mass is 10.1. The van der Waals surface area contributed by atoms with Gasteiger partial charge in [0.25, 0.3) is 0 Å². The highest BCUT2D eigenvalue weighted by molar-refractivity contribution is 5.76. The van der Waals surface area contributed by atoms with Gasteiger partial charge in [-0.2, -0.15) is 0 Å². The van der Waals surface area contributed by atoms with Crippen LogP contribution in [0.1, 0.15) is 32.6 Å². The smallest absolute Gasteiger partial charge is 0.221 e. The number of hydrogen-bond donors (Lipinski definition) is 2. The molecule has 1 aliphatic carbocycles. The molecule has 2 rings (SSSR count). The normalized spacial score (nSPS) is 25.1. The van der Waals surface area contributed by atoms with Crippen molar-refractivity contribution in [3.05, 3.63) is 0 Å². The average Bonchev–Trinajstić information content (AvgIpc) is 3.01. The Labute approximate surface area is 104 Å². The molecule has 17 heavy (non-hydrogen) atoms. The van der Waals surface area contributed by atoms with Crippen LogP contribution < -0.4 is 10.6 Å². The lowest BCUT2D eigenvalue weighted by Gasteiger charge is -2.13. The molecule has 1 heterocycles. The molecular weight excluding hydrogens is 214 g/mol. The number of nitrogens with zero attached hydrogens (tertiary/aromatic N) is 1. The third-order valence-electron chi connectivity index (χ3n) is 3.72. The molecular formula is C13H25N3O. The van der Waals surface area contributed by atoms with Crippen LogP contribution in [0.5, 0.6) is 0 Å². The van der Waals surface area contributed by atoms with Crippen molar-refractivity contribution >= 4 is 5.91 Å². The van der Waals surface area contributed by atoms with Gasteiger partial charge in [0.05, 0.1) is 0 Å². The summed E-state index contributed by atoms with van der Waals surface area (Å²) >= 11 is 0. The van der Waals surface area contributed by atoms with Gasteiger partial charge >= 0.3 is 0 Å². The first-order valence-corrected chi connectivity index (χ1v) is 7.00. The number of amides is 1. The summed E-state index contributed by atoms with van der Waals surface area (Å²) in [5, 5.41) is 6.42. The van der Waals surface area contributed by atoms with Gasteiger partial charge in [0.2, 0.25) is 5.91 Å².